The Morgan fingerprint density at radius 1 is 1.00 bits per heavy atom. The van der Waals surface area contributed by atoms with Crippen molar-refractivity contribution in [2.45, 2.75) is 0 Å². The van der Waals surface area contributed by atoms with Crippen LogP contribution in [0.2, 0.25) is 0 Å². The van der Waals surface area contributed by atoms with E-state index in [4.69, 9.17) is 4.42 Å². The van der Waals surface area contributed by atoms with Crippen LogP contribution in [0.15, 0.2) is 63.8 Å². The molecule has 0 aliphatic rings. The van der Waals surface area contributed by atoms with Gasteiger partial charge in [-0.05, 0) is 24.3 Å². The predicted octanol–water partition coefficient (Wildman–Crippen LogP) is 3.44. The lowest BCUT2D eigenvalue weighted by Crippen LogP contribution is -2.11. The molecule has 0 atom stereocenters. The van der Waals surface area contributed by atoms with Crippen molar-refractivity contribution in [3.05, 3.63) is 74.9 Å². The number of nitro groups is 1. The van der Waals surface area contributed by atoms with Gasteiger partial charge in [0, 0.05) is 5.69 Å². The third-order valence-electron chi connectivity index (χ3n) is 2.99. The molecule has 0 fully saturated rings. The Morgan fingerprint density at radius 3 is 2.38 bits per heavy atom. The molecule has 0 amide bonds. The molecule has 0 saturated carbocycles. The van der Waals surface area contributed by atoms with Crippen molar-refractivity contribution >= 4 is 28.2 Å². The minimum absolute atomic E-state index is 0.171. The van der Waals surface area contributed by atoms with Gasteiger partial charge in [0.25, 0.3) is 11.3 Å². The second-order valence-corrected chi connectivity index (χ2v) is 4.35. The van der Waals surface area contributed by atoms with E-state index in [1.165, 1.54) is 6.07 Å². The van der Waals surface area contributed by atoms with Crippen molar-refractivity contribution in [3.63, 3.8) is 0 Å². The molecule has 6 nitrogen and oxygen atoms in total. The van der Waals surface area contributed by atoms with E-state index in [0.29, 0.717) is 11.3 Å². The molecule has 1 N–H and O–H groups in total. The lowest BCUT2D eigenvalue weighted by atomic mass is 10.2. The van der Waals surface area contributed by atoms with Crippen LogP contribution in [0.25, 0.3) is 11.0 Å². The molecule has 0 bridgehead atoms. The van der Waals surface area contributed by atoms with E-state index >= 15 is 0 Å². The molecule has 21 heavy (non-hydrogen) atoms. The molecule has 0 aliphatic heterocycles. The Balaban J connectivity index is 2.23. The average molecular weight is 282 g/mol. The average Bonchev–Trinajstić information content (AvgIpc) is 2.48. The first-order chi connectivity index (χ1) is 10.2. The van der Waals surface area contributed by atoms with Gasteiger partial charge in [-0.2, -0.15) is 0 Å². The van der Waals surface area contributed by atoms with E-state index in [-0.39, 0.29) is 11.3 Å². The number of nitrogens with one attached hydrogen (secondary N) is 1. The molecule has 0 unspecified atom stereocenters. The molecule has 3 aromatic rings. The van der Waals surface area contributed by atoms with Crippen LogP contribution in [0.3, 0.4) is 0 Å². The largest absolute Gasteiger partial charge is 0.434 e. The van der Waals surface area contributed by atoms with Gasteiger partial charge in [0.15, 0.2) is 0 Å². The highest BCUT2D eigenvalue weighted by Crippen LogP contribution is 2.28. The highest BCUT2D eigenvalue weighted by Gasteiger charge is 2.24. The third kappa shape index (κ3) is 2.34. The summed E-state index contributed by atoms with van der Waals surface area (Å²) >= 11 is 0. The molecular formula is C15H10N2O4. The van der Waals surface area contributed by atoms with Crippen LogP contribution in [-0.4, -0.2) is 4.92 Å². The molecule has 1 heterocycles. The van der Waals surface area contributed by atoms with E-state index in [1.54, 1.807) is 42.5 Å². The Kier molecular flexibility index (Phi) is 3.12. The number of rotatable bonds is 3. The van der Waals surface area contributed by atoms with Crippen molar-refractivity contribution in [3.8, 4) is 0 Å². The normalized spacial score (nSPS) is 10.5. The summed E-state index contributed by atoms with van der Waals surface area (Å²) in [5.41, 5.74) is -0.372. The van der Waals surface area contributed by atoms with E-state index in [0.717, 1.165) is 0 Å². The molecule has 1 aromatic heterocycles. The number of hydrogen-bond acceptors (Lipinski definition) is 5. The maximum atomic E-state index is 12.2. The molecule has 104 valence electrons. The van der Waals surface area contributed by atoms with Crippen molar-refractivity contribution in [2.24, 2.45) is 0 Å². The zero-order valence-electron chi connectivity index (χ0n) is 10.8. The van der Waals surface area contributed by atoms with Crippen molar-refractivity contribution in [2.75, 3.05) is 5.32 Å². The summed E-state index contributed by atoms with van der Waals surface area (Å²) in [4.78, 5) is 22.7. The van der Waals surface area contributed by atoms with Crippen molar-refractivity contribution < 1.29 is 9.34 Å². The van der Waals surface area contributed by atoms with Gasteiger partial charge < -0.3 is 9.73 Å². The van der Waals surface area contributed by atoms with Crippen LogP contribution in [0, 0.1) is 10.1 Å². The summed E-state index contributed by atoms with van der Waals surface area (Å²) in [6.07, 6.45) is 0. The molecule has 0 radical (unpaired) electrons. The fraction of sp³-hybridized carbons (Fsp3) is 0. The van der Waals surface area contributed by atoms with Gasteiger partial charge in [0.1, 0.15) is 5.58 Å². The van der Waals surface area contributed by atoms with Gasteiger partial charge in [-0.3, -0.25) is 14.9 Å². The SMILES string of the molecule is O=c1c([N+](=O)[O-])c(Nc2ccccc2)oc2ccccc12. The summed E-state index contributed by atoms with van der Waals surface area (Å²) in [6, 6.07) is 15.2. The highest BCUT2D eigenvalue weighted by molar-refractivity contribution is 5.82. The lowest BCUT2D eigenvalue weighted by Gasteiger charge is -2.06. The molecular weight excluding hydrogens is 272 g/mol. The Labute approximate surface area is 118 Å². The van der Waals surface area contributed by atoms with Gasteiger partial charge in [-0.25, -0.2) is 0 Å². The molecule has 0 spiro atoms. The lowest BCUT2D eigenvalue weighted by molar-refractivity contribution is -0.385. The van der Waals surface area contributed by atoms with E-state index < -0.39 is 16.0 Å². The number of fused-ring (bicyclic) bond motifs is 1. The zero-order chi connectivity index (χ0) is 14.8. The minimum Gasteiger partial charge on any atom is -0.434 e. The molecule has 2 aromatic carbocycles. The highest BCUT2D eigenvalue weighted by atomic mass is 16.6. The number of nitrogens with zero attached hydrogens (tertiary/aromatic N) is 1. The van der Waals surface area contributed by atoms with Crippen LogP contribution >= 0.6 is 0 Å². The summed E-state index contributed by atoms with van der Waals surface area (Å²) in [5, 5.41) is 14.1. The van der Waals surface area contributed by atoms with Crippen molar-refractivity contribution in [1.82, 2.24) is 0 Å². The topological polar surface area (TPSA) is 85.4 Å². The van der Waals surface area contributed by atoms with Crippen LogP contribution in [0.5, 0.6) is 0 Å². The summed E-state index contributed by atoms with van der Waals surface area (Å²) in [6.45, 7) is 0. The van der Waals surface area contributed by atoms with Crippen LogP contribution < -0.4 is 10.7 Å². The quantitative estimate of drug-likeness (QED) is 0.587. The van der Waals surface area contributed by atoms with Gasteiger partial charge in [0.2, 0.25) is 0 Å². The van der Waals surface area contributed by atoms with Gasteiger partial charge in [0.05, 0.1) is 10.3 Å². The number of para-hydroxylation sites is 2. The van der Waals surface area contributed by atoms with E-state index in [9.17, 15) is 14.9 Å². The Bertz CT molecular complexity index is 872. The standard InChI is InChI=1S/C15H10N2O4/c18-14-11-8-4-5-9-12(11)21-15(13(14)17(19)20)16-10-6-2-1-3-7-10/h1-9,16H. The number of anilines is 2. The summed E-state index contributed by atoms with van der Waals surface area (Å²) in [5.74, 6) is -0.171. The molecule has 3 rings (SSSR count). The van der Waals surface area contributed by atoms with Crippen LogP contribution in [0.4, 0.5) is 17.3 Å². The maximum Gasteiger partial charge on any atom is 0.376 e. The van der Waals surface area contributed by atoms with Gasteiger partial charge in [-0.1, -0.05) is 30.3 Å². The van der Waals surface area contributed by atoms with Crippen molar-refractivity contribution in [1.29, 1.82) is 0 Å². The van der Waals surface area contributed by atoms with Gasteiger partial charge >= 0.3 is 5.69 Å². The first-order valence-electron chi connectivity index (χ1n) is 6.19. The smallest absolute Gasteiger partial charge is 0.376 e. The third-order valence-corrected chi connectivity index (χ3v) is 2.99. The predicted molar refractivity (Wildman–Crippen MR) is 78.9 cm³/mol. The first kappa shape index (κ1) is 12.9. The monoisotopic (exact) mass is 282 g/mol. The maximum absolute atomic E-state index is 12.2. The molecule has 0 aliphatic carbocycles. The Hall–Kier alpha value is -3.15. The fourth-order valence-corrected chi connectivity index (χ4v) is 2.04. The van der Waals surface area contributed by atoms with E-state index in [1.807, 2.05) is 6.07 Å². The van der Waals surface area contributed by atoms with Crippen LogP contribution in [0.1, 0.15) is 0 Å². The van der Waals surface area contributed by atoms with Crippen LogP contribution in [-0.2, 0) is 0 Å². The second-order valence-electron chi connectivity index (χ2n) is 4.35. The minimum atomic E-state index is -0.733. The fourth-order valence-electron chi connectivity index (χ4n) is 2.04. The summed E-state index contributed by atoms with van der Waals surface area (Å²) < 4.78 is 5.49. The first-order valence-corrected chi connectivity index (χ1v) is 6.19. The molecule has 0 saturated heterocycles. The number of benzene rings is 2. The number of hydrogen-bond donors (Lipinski definition) is 1. The molecule has 6 heteroatoms. The second kappa shape index (κ2) is 5.09. The Morgan fingerprint density at radius 2 is 1.67 bits per heavy atom. The zero-order valence-corrected chi connectivity index (χ0v) is 10.8. The van der Waals surface area contributed by atoms with Gasteiger partial charge in [-0.15, -0.1) is 0 Å². The summed E-state index contributed by atoms with van der Waals surface area (Å²) in [7, 11) is 0. The van der Waals surface area contributed by atoms with E-state index in [2.05, 4.69) is 5.32 Å².